The van der Waals surface area contributed by atoms with Crippen LogP contribution in [0.25, 0.3) is 11.5 Å². The van der Waals surface area contributed by atoms with Gasteiger partial charge < -0.3 is 9.73 Å². The van der Waals surface area contributed by atoms with Crippen LogP contribution in [0.3, 0.4) is 0 Å². The fraction of sp³-hybridized carbons (Fsp3) is 0.0870. The highest BCUT2D eigenvalue weighted by molar-refractivity contribution is 6.31. The number of hydrogen-bond acceptors (Lipinski definition) is 4. The lowest BCUT2D eigenvalue weighted by molar-refractivity contribution is -0.121. The summed E-state index contributed by atoms with van der Waals surface area (Å²) in [4.78, 5) is 12.7. The molecule has 1 atom stereocenters. The first-order chi connectivity index (χ1) is 14.6. The van der Waals surface area contributed by atoms with Gasteiger partial charge in [-0.2, -0.15) is 0 Å². The Hall–Kier alpha value is -3.51. The molecule has 1 amide bonds. The van der Waals surface area contributed by atoms with E-state index in [0.29, 0.717) is 22.0 Å². The molecule has 3 aromatic carbocycles. The minimum absolute atomic E-state index is 0.0804. The highest BCUT2D eigenvalue weighted by Gasteiger charge is 2.24. The second-order valence-corrected chi connectivity index (χ2v) is 7.04. The van der Waals surface area contributed by atoms with E-state index in [0.717, 1.165) is 5.56 Å². The Kier molecular flexibility index (Phi) is 5.86. The smallest absolute Gasteiger partial charge is 0.247 e. The molecule has 150 valence electrons. The maximum Gasteiger partial charge on any atom is 0.247 e. The molecular weight excluding hydrogens is 405 g/mol. The Morgan fingerprint density at radius 3 is 2.40 bits per heavy atom. The molecule has 0 bridgehead atoms. The van der Waals surface area contributed by atoms with Crippen LogP contribution in [0.1, 0.15) is 23.1 Å². The van der Waals surface area contributed by atoms with Gasteiger partial charge in [0.2, 0.25) is 17.7 Å². The zero-order valence-corrected chi connectivity index (χ0v) is 16.5. The minimum Gasteiger partial charge on any atom is -0.418 e. The molecule has 0 aliphatic carbocycles. The molecule has 30 heavy (non-hydrogen) atoms. The molecule has 1 heterocycles. The fourth-order valence-electron chi connectivity index (χ4n) is 3.02. The molecule has 1 aromatic heterocycles. The summed E-state index contributed by atoms with van der Waals surface area (Å²) in [5, 5.41) is 11.6. The minimum atomic E-state index is -0.731. The van der Waals surface area contributed by atoms with Crippen LogP contribution in [0.4, 0.5) is 4.39 Å². The predicted molar refractivity (Wildman–Crippen MR) is 111 cm³/mol. The number of nitrogens with zero attached hydrogens (tertiary/aromatic N) is 2. The number of carbonyl (C=O) groups excluding carboxylic acids is 1. The van der Waals surface area contributed by atoms with Crippen molar-refractivity contribution in [3.8, 4) is 11.5 Å². The average molecular weight is 422 g/mol. The first kappa shape index (κ1) is 19.8. The number of nitrogens with one attached hydrogen (secondary N) is 1. The van der Waals surface area contributed by atoms with Gasteiger partial charge in [-0.25, -0.2) is 4.39 Å². The summed E-state index contributed by atoms with van der Waals surface area (Å²) in [6, 6.07) is 21.5. The number of benzene rings is 3. The van der Waals surface area contributed by atoms with E-state index in [-0.39, 0.29) is 24.0 Å². The van der Waals surface area contributed by atoms with E-state index in [9.17, 15) is 9.18 Å². The van der Waals surface area contributed by atoms with Gasteiger partial charge in [0.15, 0.2) is 0 Å². The lowest BCUT2D eigenvalue weighted by Crippen LogP contribution is -2.31. The van der Waals surface area contributed by atoms with E-state index >= 15 is 0 Å². The molecule has 5 nitrogen and oxygen atoms in total. The van der Waals surface area contributed by atoms with Crippen molar-refractivity contribution in [2.75, 3.05) is 0 Å². The normalized spacial score (nSPS) is 11.8. The van der Waals surface area contributed by atoms with Crippen LogP contribution in [0.2, 0.25) is 5.02 Å². The molecule has 0 saturated carbocycles. The van der Waals surface area contributed by atoms with E-state index in [1.807, 2.05) is 36.4 Å². The van der Waals surface area contributed by atoms with Gasteiger partial charge in [-0.15, -0.1) is 10.2 Å². The summed E-state index contributed by atoms with van der Waals surface area (Å²) in [5.74, 6) is -0.127. The SMILES string of the molecule is O=C(Cc1ccccc1Cl)N[C@@H](c1ccc(F)cc1)c1nnc(-c2ccccc2)o1. The van der Waals surface area contributed by atoms with Crippen LogP contribution in [-0.4, -0.2) is 16.1 Å². The van der Waals surface area contributed by atoms with Gasteiger partial charge in [0.1, 0.15) is 11.9 Å². The van der Waals surface area contributed by atoms with Crippen molar-refractivity contribution in [1.29, 1.82) is 0 Å². The number of amides is 1. The fourth-order valence-corrected chi connectivity index (χ4v) is 3.22. The van der Waals surface area contributed by atoms with E-state index in [1.165, 1.54) is 12.1 Å². The molecule has 4 rings (SSSR count). The van der Waals surface area contributed by atoms with Gasteiger partial charge >= 0.3 is 0 Å². The largest absolute Gasteiger partial charge is 0.418 e. The molecule has 0 aliphatic heterocycles. The van der Waals surface area contributed by atoms with Crippen molar-refractivity contribution < 1.29 is 13.6 Å². The molecule has 0 radical (unpaired) electrons. The summed E-state index contributed by atoms with van der Waals surface area (Å²) < 4.78 is 19.3. The number of carbonyl (C=O) groups is 1. The zero-order chi connectivity index (χ0) is 20.9. The number of halogens is 2. The third kappa shape index (κ3) is 4.55. The summed E-state index contributed by atoms with van der Waals surface area (Å²) >= 11 is 6.16. The van der Waals surface area contributed by atoms with Gasteiger partial charge in [-0.1, -0.05) is 60.1 Å². The van der Waals surface area contributed by atoms with E-state index < -0.39 is 6.04 Å². The van der Waals surface area contributed by atoms with Crippen LogP contribution in [0, 0.1) is 5.82 Å². The van der Waals surface area contributed by atoms with E-state index in [4.69, 9.17) is 16.0 Å². The van der Waals surface area contributed by atoms with Gasteiger partial charge in [0.05, 0.1) is 6.42 Å². The van der Waals surface area contributed by atoms with Crippen molar-refractivity contribution in [2.24, 2.45) is 0 Å². The third-order valence-corrected chi connectivity index (χ3v) is 4.89. The Labute approximate surface area is 177 Å². The average Bonchev–Trinajstić information content (AvgIpc) is 3.25. The van der Waals surface area contributed by atoms with Crippen molar-refractivity contribution in [3.05, 3.63) is 107 Å². The maximum atomic E-state index is 13.4. The highest BCUT2D eigenvalue weighted by atomic mass is 35.5. The maximum absolute atomic E-state index is 13.4. The first-order valence-electron chi connectivity index (χ1n) is 9.27. The van der Waals surface area contributed by atoms with Gasteiger partial charge in [0, 0.05) is 10.6 Å². The topological polar surface area (TPSA) is 68.0 Å². The second-order valence-electron chi connectivity index (χ2n) is 6.63. The molecule has 4 aromatic rings. The lowest BCUT2D eigenvalue weighted by Gasteiger charge is -2.16. The Balaban J connectivity index is 1.62. The van der Waals surface area contributed by atoms with E-state index in [1.54, 1.807) is 30.3 Å². The molecule has 0 aliphatic rings. The van der Waals surface area contributed by atoms with Crippen LogP contribution >= 0.6 is 11.6 Å². The standard InChI is InChI=1S/C23H17ClFN3O2/c24-19-9-5-4-8-17(19)14-20(29)26-21(15-10-12-18(25)13-11-15)23-28-27-22(30-23)16-6-2-1-3-7-16/h1-13,21H,14H2,(H,26,29)/t21-/m0/s1. The van der Waals surface area contributed by atoms with Crippen LogP contribution < -0.4 is 5.32 Å². The Morgan fingerprint density at radius 1 is 0.967 bits per heavy atom. The molecule has 0 saturated heterocycles. The molecule has 1 N–H and O–H groups in total. The number of aromatic nitrogens is 2. The Bertz CT molecular complexity index is 1150. The number of hydrogen-bond donors (Lipinski definition) is 1. The van der Waals surface area contributed by atoms with Gasteiger partial charge in [-0.3, -0.25) is 4.79 Å². The third-order valence-electron chi connectivity index (χ3n) is 4.53. The first-order valence-corrected chi connectivity index (χ1v) is 9.65. The molecule has 0 unspecified atom stereocenters. The molecule has 0 fully saturated rings. The van der Waals surface area contributed by atoms with Crippen LogP contribution in [0.15, 0.2) is 83.3 Å². The highest BCUT2D eigenvalue weighted by Crippen LogP contribution is 2.26. The number of rotatable bonds is 6. The summed E-state index contributed by atoms with van der Waals surface area (Å²) in [6.07, 6.45) is 0.0804. The van der Waals surface area contributed by atoms with Gasteiger partial charge in [0.25, 0.3) is 0 Å². The van der Waals surface area contributed by atoms with Crippen molar-refractivity contribution in [3.63, 3.8) is 0 Å². The van der Waals surface area contributed by atoms with Crippen molar-refractivity contribution in [2.45, 2.75) is 12.5 Å². The Morgan fingerprint density at radius 2 is 1.67 bits per heavy atom. The predicted octanol–water partition coefficient (Wildman–Crippen LogP) is 4.98. The molecular formula is C23H17ClFN3O2. The molecule has 0 spiro atoms. The zero-order valence-electron chi connectivity index (χ0n) is 15.8. The summed E-state index contributed by atoms with van der Waals surface area (Å²) in [5.41, 5.74) is 2.08. The van der Waals surface area contributed by atoms with E-state index in [2.05, 4.69) is 15.5 Å². The molecule has 7 heteroatoms. The second kappa shape index (κ2) is 8.88. The van der Waals surface area contributed by atoms with Crippen LogP contribution in [-0.2, 0) is 11.2 Å². The van der Waals surface area contributed by atoms with Gasteiger partial charge in [-0.05, 0) is 41.5 Å². The summed E-state index contributed by atoms with van der Waals surface area (Å²) in [7, 11) is 0. The monoisotopic (exact) mass is 421 g/mol. The quantitative estimate of drug-likeness (QED) is 0.477. The van der Waals surface area contributed by atoms with Crippen molar-refractivity contribution >= 4 is 17.5 Å². The van der Waals surface area contributed by atoms with Crippen molar-refractivity contribution in [1.82, 2.24) is 15.5 Å². The van der Waals surface area contributed by atoms with Crippen LogP contribution in [0.5, 0.6) is 0 Å². The summed E-state index contributed by atoms with van der Waals surface area (Å²) in [6.45, 7) is 0. The lowest BCUT2D eigenvalue weighted by atomic mass is 10.1.